The van der Waals surface area contributed by atoms with Gasteiger partial charge in [0.2, 0.25) is 0 Å². The molecule has 3 amide bonds. The van der Waals surface area contributed by atoms with E-state index in [0.29, 0.717) is 36.9 Å². The second-order valence-electron chi connectivity index (χ2n) is 6.49. The van der Waals surface area contributed by atoms with Gasteiger partial charge in [0.25, 0.3) is 0 Å². The van der Waals surface area contributed by atoms with Crippen LogP contribution in [0.5, 0.6) is 0 Å². The molecular formula is C20H19ClN4O3. The molecule has 0 radical (unpaired) electrons. The fourth-order valence-corrected chi connectivity index (χ4v) is 3.49. The number of rotatable bonds is 2. The molecule has 2 aliphatic rings. The number of carbonyl (C=O) groups excluding carboxylic acids is 2. The zero-order chi connectivity index (χ0) is 19.7. The number of fused-ring (bicyclic) bond motifs is 1. The number of hydrazone groups is 1. The molecule has 8 heteroatoms. The highest BCUT2D eigenvalue weighted by Crippen LogP contribution is 2.27. The highest BCUT2D eigenvalue weighted by Gasteiger charge is 2.26. The molecule has 7 nitrogen and oxygen atoms in total. The highest BCUT2D eigenvalue weighted by atomic mass is 35.5. The summed E-state index contributed by atoms with van der Waals surface area (Å²) in [5.74, 6) is 0. The SMILES string of the molecule is CNC(=O)N1CCc2cc(N3CCOC3=O)ccc2C(c2ccc(Cl)cc2)=N1. The first-order valence-electron chi connectivity index (χ1n) is 8.98. The molecule has 28 heavy (non-hydrogen) atoms. The van der Waals surface area contributed by atoms with Gasteiger partial charge in [-0.3, -0.25) is 4.90 Å². The summed E-state index contributed by atoms with van der Waals surface area (Å²) in [4.78, 5) is 25.8. The molecule has 0 aliphatic carbocycles. The highest BCUT2D eigenvalue weighted by molar-refractivity contribution is 6.30. The van der Waals surface area contributed by atoms with Crippen LogP contribution >= 0.6 is 11.6 Å². The maximum Gasteiger partial charge on any atom is 0.414 e. The molecule has 2 aliphatic heterocycles. The van der Waals surface area contributed by atoms with Crippen molar-refractivity contribution in [3.63, 3.8) is 0 Å². The van der Waals surface area contributed by atoms with Gasteiger partial charge in [-0.05, 0) is 36.2 Å². The molecule has 0 spiro atoms. The van der Waals surface area contributed by atoms with Gasteiger partial charge in [-0.25, -0.2) is 14.6 Å². The molecule has 0 unspecified atom stereocenters. The predicted octanol–water partition coefficient (Wildman–Crippen LogP) is 3.25. The average Bonchev–Trinajstić information content (AvgIpc) is 3.05. The van der Waals surface area contributed by atoms with E-state index in [0.717, 1.165) is 22.4 Å². The molecule has 144 valence electrons. The number of halogens is 1. The molecule has 4 rings (SSSR count). The smallest absolute Gasteiger partial charge is 0.414 e. The maximum atomic E-state index is 12.2. The number of hydrogen-bond acceptors (Lipinski definition) is 4. The Bertz CT molecular complexity index is 958. The maximum absolute atomic E-state index is 12.2. The van der Waals surface area contributed by atoms with Gasteiger partial charge >= 0.3 is 12.1 Å². The van der Waals surface area contributed by atoms with Gasteiger partial charge in [-0.1, -0.05) is 29.8 Å². The monoisotopic (exact) mass is 398 g/mol. The molecule has 2 aromatic carbocycles. The van der Waals surface area contributed by atoms with Gasteiger partial charge in [0.05, 0.1) is 18.8 Å². The Morgan fingerprint density at radius 2 is 1.96 bits per heavy atom. The number of nitrogens with one attached hydrogen (secondary N) is 1. The minimum Gasteiger partial charge on any atom is -0.447 e. The lowest BCUT2D eigenvalue weighted by atomic mass is 9.95. The van der Waals surface area contributed by atoms with E-state index in [2.05, 4.69) is 10.4 Å². The Balaban J connectivity index is 1.79. The first kappa shape index (κ1) is 18.3. The first-order chi connectivity index (χ1) is 13.6. The third-order valence-electron chi connectivity index (χ3n) is 4.80. The first-order valence-corrected chi connectivity index (χ1v) is 9.36. The molecule has 0 atom stereocenters. The van der Waals surface area contributed by atoms with Crippen molar-refractivity contribution in [2.24, 2.45) is 5.10 Å². The van der Waals surface area contributed by atoms with Crippen LogP contribution in [0.1, 0.15) is 16.7 Å². The van der Waals surface area contributed by atoms with Crippen LogP contribution in [-0.4, -0.2) is 49.6 Å². The Kier molecular flexibility index (Phi) is 4.92. The molecule has 0 saturated carbocycles. The van der Waals surface area contributed by atoms with E-state index >= 15 is 0 Å². The predicted molar refractivity (Wildman–Crippen MR) is 107 cm³/mol. The van der Waals surface area contributed by atoms with Gasteiger partial charge in [0.15, 0.2) is 0 Å². The van der Waals surface area contributed by atoms with Crippen LogP contribution < -0.4 is 10.2 Å². The Labute approximate surface area is 167 Å². The summed E-state index contributed by atoms with van der Waals surface area (Å²) in [7, 11) is 1.58. The van der Waals surface area contributed by atoms with Crippen LogP contribution in [0.4, 0.5) is 15.3 Å². The summed E-state index contributed by atoms with van der Waals surface area (Å²) in [5.41, 5.74) is 4.26. The van der Waals surface area contributed by atoms with Crippen LogP contribution in [0.3, 0.4) is 0 Å². The number of benzene rings is 2. The van der Waals surface area contributed by atoms with Crippen LogP contribution in [0.2, 0.25) is 5.02 Å². The number of cyclic esters (lactones) is 1. The zero-order valence-electron chi connectivity index (χ0n) is 15.3. The molecule has 1 N–H and O–H groups in total. The van der Waals surface area contributed by atoms with Crippen LogP contribution in [0, 0.1) is 0 Å². The summed E-state index contributed by atoms with van der Waals surface area (Å²) >= 11 is 6.03. The number of urea groups is 1. The lowest BCUT2D eigenvalue weighted by molar-refractivity contribution is 0.181. The van der Waals surface area contributed by atoms with Gasteiger partial charge in [0, 0.05) is 28.9 Å². The largest absolute Gasteiger partial charge is 0.447 e. The van der Waals surface area contributed by atoms with Crippen molar-refractivity contribution in [3.05, 3.63) is 64.2 Å². The summed E-state index contributed by atoms with van der Waals surface area (Å²) in [6.07, 6.45) is 0.271. The third kappa shape index (κ3) is 3.41. The van der Waals surface area contributed by atoms with Gasteiger partial charge < -0.3 is 10.1 Å². The van der Waals surface area contributed by atoms with E-state index < -0.39 is 0 Å². The summed E-state index contributed by atoms with van der Waals surface area (Å²) < 4.78 is 5.04. The second-order valence-corrected chi connectivity index (χ2v) is 6.93. The van der Waals surface area contributed by atoms with Crippen molar-refractivity contribution in [1.29, 1.82) is 0 Å². The van der Waals surface area contributed by atoms with Crippen molar-refractivity contribution in [1.82, 2.24) is 10.3 Å². The number of hydrogen-bond donors (Lipinski definition) is 1. The minimum atomic E-state index is -0.341. The van der Waals surface area contributed by atoms with Gasteiger partial charge in [0.1, 0.15) is 6.61 Å². The molecule has 0 bridgehead atoms. The molecule has 2 heterocycles. The minimum absolute atomic E-state index is 0.275. The Morgan fingerprint density at radius 1 is 1.18 bits per heavy atom. The Hall–Kier alpha value is -3.06. The second kappa shape index (κ2) is 7.52. The van der Waals surface area contributed by atoms with Gasteiger partial charge in [-0.2, -0.15) is 5.10 Å². The number of nitrogens with zero attached hydrogens (tertiary/aromatic N) is 3. The van der Waals surface area contributed by atoms with Crippen LogP contribution in [0.15, 0.2) is 47.6 Å². The fraction of sp³-hybridized carbons (Fsp3) is 0.250. The topological polar surface area (TPSA) is 74.2 Å². The summed E-state index contributed by atoms with van der Waals surface area (Å²) in [6, 6.07) is 12.9. The summed E-state index contributed by atoms with van der Waals surface area (Å²) in [5, 5.41) is 9.29. The molecule has 1 saturated heterocycles. The lowest BCUT2D eigenvalue weighted by Gasteiger charge is -2.16. The number of ether oxygens (including phenoxy) is 1. The van der Waals surface area contributed by atoms with Crippen molar-refractivity contribution in [2.75, 3.05) is 31.6 Å². The molecule has 1 fully saturated rings. The van der Waals surface area contributed by atoms with Crippen molar-refractivity contribution < 1.29 is 14.3 Å². The number of carbonyl (C=O) groups is 2. The van der Waals surface area contributed by atoms with Crippen molar-refractivity contribution in [2.45, 2.75) is 6.42 Å². The number of anilines is 1. The zero-order valence-corrected chi connectivity index (χ0v) is 16.1. The van der Waals surface area contributed by atoms with E-state index in [4.69, 9.17) is 16.3 Å². The number of amides is 3. The normalized spacial score (nSPS) is 16.2. The van der Waals surface area contributed by atoms with E-state index in [-0.39, 0.29) is 12.1 Å². The van der Waals surface area contributed by atoms with E-state index in [9.17, 15) is 9.59 Å². The van der Waals surface area contributed by atoms with Gasteiger partial charge in [-0.15, -0.1) is 0 Å². The van der Waals surface area contributed by atoms with E-state index in [1.165, 1.54) is 5.01 Å². The van der Waals surface area contributed by atoms with Crippen molar-refractivity contribution in [3.8, 4) is 0 Å². The fourth-order valence-electron chi connectivity index (χ4n) is 3.36. The van der Waals surface area contributed by atoms with E-state index in [1.807, 2.05) is 30.3 Å². The van der Waals surface area contributed by atoms with Crippen LogP contribution in [0.25, 0.3) is 0 Å². The average molecular weight is 399 g/mol. The molecule has 0 aromatic heterocycles. The molecular weight excluding hydrogens is 380 g/mol. The Morgan fingerprint density at radius 3 is 2.64 bits per heavy atom. The van der Waals surface area contributed by atoms with E-state index in [1.54, 1.807) is 24.1 Å². The standard InChI is InChI=1S/C20H19ClN4O3/c1-22-19(26)25-9-8-14-12-16(24-10-11-28-20(24)27)6-7-17(14)18(23-25)13-2-4-15(21)5-3-13/h2-7,12H,8-11H2,1H3,(H,22,26). The quantitative estimate of drug-likeness (QED) is 0.843. The third-order valence-corrected chi connectivity index (χ3v) is 5.05. The van der Waals surface area contributed by atoms with Crippen molar-refractivity contribution >= 4 is 35.1 Å². The molecule has 2 aromatic rings. The summed E-state index contributed by atoms with van der Waals surface area (Å²) in [6.45, 7) is 1.34. The lowest BCUT2D eigenvalue weighted by Crippen LogP contribution is -2.35. The van der Waals surface area contributed by atoms with Crippen LogP contribution in [-0.2, 0) is 11.2 Å².